The van der Waals surface area contributed by atoms with Crippen LogP contribution in [0.25, 0.3) is 0 Å². The van der Waals surface area contributed by atoms with E-state index in [0.717, 1.165) is 12.1 Å². The zero-order valence-corrected chi connectivity index (χ0v) is 10.8. The van der Waals surface area contributed by atoms with Crippen LogP contribution >= 0.6 is 11.6 Å². The lowest BCUT2D eigenvalue weighted by Gasteiger charge is -2.11. The molecule has 0 amide bonds. The molecule has 0 aliphatic rings. The first kappa shape index (κ1) is 13.2. The molecule has 0 aromatic heterocycles. The number of benzene rings is 1. The summed E-state index contributed by atoms with van der Waals surface area (Å²) in [5.41, 5.74) is 1.69. The van der Waals surface area contributed by atoms with Gasteiger partial charge in [0, 0.05) is 23.0 Å². The molecule has 0 heterocycles. The standard InChI is InChI=1S/C13H18ClNO/c1-4-15-8-10(3)13(16)11-6-5-9(2)12(14)7-11/h5-7,10,15H,4,8H2,1-3H3. The number of hydrogen-bond acceptors (Lipinski definition) is 2. The third-order valence-corrected chi connectivity index (χ3v) is 3.01. The van der Waals surface area contributed by atoms with E-state index >= 15 is 0 Å². The molecule has 1 aromatic rings. The third-order valence-electron chi connectivity index (χ3n) is 2.60. The summed E-state index contributed by atoms with van der Waals surface area (Å²) in [5, 5.41) is 3.83. The van der Waals surface area contributed by atoms with Crippen molar-refractivity contribution in [2.75, 3.05) is 13.1 Å². The fourth-order valence-corrected chi connectivity index (χ4v) is 1.66. The molecule has 0 fully saturated rings. The maximum absolute atomic E-state index is 12.0. The first-order chi connectivity index (χ1) is 7.56. The SMILES string of the molecule is CCNCC(C)C(=O)c1ccc(C)c(Cl)c1. The molecule has 0 radical (unpaired) electrons. The maximum Gasteiger partial charge on any atom is 0.166 e. The molecule has 1 unspecified atom stereocenters. The molecule has 1 N–H and O–H groups in total. The Balaban J connectivity index is 2.76. The molecule has 88 valence electrons. The van der Waals surface area contributed by atoms with Crippen LogP contribution in [0.3, 0.4) is 0 Å². The number of rotatable bonds is 5. The van der Waals surface area contributed by atoms with Crippen LogP contribution in [0, 0.1) is 12.8 Å². The summed E-state index contributed by atoms with van der Waals surface area (Å²) in [5.74, 6) is 0.126. The van der Waals surface area contributed by atoms with E-state index in [1.807, 2.05) is 32.9 Å². The van der Waals surface area contributed by atoms with E-state index in [2.05, 4.69) is 5.32 Å². The molecule has 1 rings (SSSR count). The van der Waals surface area contributed by atoms with E-state index in [9.17, 15) is 4.79 Å². The van der Waals surface area contributed by atoms with E-state index < -0.39 is 0 Å². The molecule has 0 aliphatic heterocycles. The van der Waals surface area contributed by atoms with E-state index in [4.69, 9.17) is 11.6 Å². The van der Waals surface area contributed by atoms with E-state index in [-0.39, 0.29) is 11.7 Å². The highest BCUT2D eigenvalue weighted by Gasteiger charge is 2.15. The van der Waals surface area contributed by atoms with Crippen molar-refractivity contribution in [2.45, 2.75) is 20.8 Å². The minimum atomic E-state index is -0.0151. The van der Waals surface area contributed by atoms with Crippen LogP contribution in [0.5, 0.6) is 0 Å². The Morgan fingerprint density at radius 3 is 2.75 bits per heavy atom. The highest BCUT2D eigenvalue weighted by atomic mass is 35.5. The largest absolute Gasteiger partial charge is 0.316 e. The zero-order chi connectivity index (χ0) is 12.1. The Kier molecular flexibility index (Phi) is 4.97. The monoisotopic (exact) mass is 239 g/mol. The molecule has 0 saturated carbocycles. The Morgan fingerprint density at radius 2 is 2.19 bits per heavy atom. The van der Waals surface area contributed by atoms with Crippen molar-refractivity contribution < 1.29 is 4.79 Å². The average molecular weight is 240 g/mol. The number of carbonyl (C=O) groups is 1. The summed E-state index contributed by atoms with van der Waals surface area (Å²) in [4.78, 5) is 12.0. The predicted octanol–water partition coefficient (Wildman–Crippen LogP) is 3.08. The van der Waals surface area contributed by atoms with Gasteiger partial charge in [-0.25, -0.2) is 0 Å². The van der Waals surface area contributed by atoms with Gasteiger partial charge in [0.1, 0.15) is 0 Å². The average Bonchev–Trinajstić information content (AvgIpc) is 2.28. The molecular weight excluding hydrogens is 222 g/mol. The lowest BCUT2D eigenvalue weighted by Crippen LogP contribution is -2.26. The molecule has 2 nitrogen and oxygen atoms in total. The van der Waals surface area contributed by atoms with Crippen LogP contribution in [0.15, 0.2) is 18.2 Å². The number of aryl methyl sites for hydroxylation is 1. The van der Waals surface area contributed by atoms with Gasteiger partial charge in [-0.2, -0.15) is 0 Å². The maximum atomic E-state index is 12.0. The van der Waals surface area contributed by atoms with Gasteiger partial charge in [0.05, 0.1) is 0 Å². The number of halogens is 1. The van der Waals surface area contributed by atoms with Gasteiger partial charge in [-0.05, 0) is 25.1 Å². The molecule has 0 bridgehead atoms. The van der Waals surface area contributed by atoms with Crippen molar-refractivity contribution in [1.29, 1.82) is 0 Å². The van der Waals surface area contributed by atoms with E-state index in [1.54, 1.807) is 6.07 Å². The molecule has 1 atom stereocenters. The molecule has 0 aliphatic carbocycles. The number of carbonyl (C=O) groups excluding carboxylic acids is 1. The smallest absolute Gasteiger partial charge is 0.166 e. The van der Waals surface area contributed by atoms with Crippen molar-refractivity contribution >= 4 is 17.4 Å². The number of hydrogen-bond donors (Lipinski definition) is 1. The first-order valence-electron chi connectivity index (χ1n) is 5.57. The molecular formula is C13H18ClNO. The normalized spacial score (nSPS) is 12.5. The quantitative estimate of drug-likeness (QED) is 0.801. The van der Waals surface area contributed by atoms with Crippen LogP contribution in [0.4, 0.5) is 0 Å². The number of Topliss-reactive ketones (excluding diaryl/α,β-unsaturated/α-hetero) is 1. The Bertz CT molecular complexity index is 376. The van der Waals surface area contributed by atoms with Crippen molar-refractivity contribution in [3.05, 3.63) is 34.3 Å². The van der Waals surface area contributed by atoms with Crippen molar-refractivity contribution in [1.82, 2.24) is 5.32 Å². The molecule has 0 spiro atoms. The first-order valence-corrected chi connectivity index (χ1v) is 5.95. The molecule has 0 saturated heterocycles. The Labute approximate surface area is 102 Å². The summed E-state index contributed by atoms with van der Waals surface area (Å²) in [6, 6.07) is 5.48. The van der Waals surface area contributed by atoms with Crippen LogP contribution in [-0.2, 0) is 0 Å². The summed E-state index contributed by atoms with van der Waals surface area (Å²) in [6.45, 7) is 7.48. The summed E-state index contributed by atoms with van der Waals surface area (Å²) in [7, 11) is 0. The minimum Gasteiger partial charge on any atom is -0.316 e. The predicted molar refractivity (Wildman–Crippen MR) is 68.2 cm³/mol. The van der Waals surface area contributed by atoms with Crippen LogP contribution in [0.1, 0.15) is 29.8 Å². The van der Waals surface area contributed by atoms with E-state index in [1.165, 1.54) is 0 Å². The van der Waals surface area contributed by atoms with Gasteiger partial charge in [-0.1, -0.05) is 37.6 Å². The minimum absolute atomic E-state index is 0.0151. The van der Waals surface area contributed by atoms with Gasteiger partial charge in [-0.15, -0.1) is 0 Å². The van der Waals surface area contributed by atoms with Gasteiger partial charge in [0.2, 0.25) is 0 Å². The third kappa shape index (κ3) is 3.32. The number of nitrogens with one attached hydrogen (secondary N) is 1. The van der Waals surface area contributed by atoms with Crippen LogP contribution in [-0.4, -0.2) is 18.9 Å². The zero-order valence-electron chi connectivity index (χ0n) is 10.0. The van der Waals surface area contributed by atoms with E-state index in [0.29, 0.717) is 17.1 Å². The van der Waals surface area contributed by atoms with Crippen molar-refractivity contribution in [2.24, 2.45) is 5.92 Å². The summed E-state index contributed by atoms with van der Waals surface area (Å²) in [6.07, 6.45) is 0. The second-order valence-corrected chi connectivity index (χ2v) is 4.44. The van der Waals surface area contributed by atoms with Crippen molar-refractivity contribution in [3.8, 4) is 0 Å². The highest BCUT2D eigenvalue weighted by Crippen LogP contribution is 2.18. The second kappa shape index (κ2) is 6.02. The molecule has 3 heteroatoms. The topological polar surface area (TPSA) is 29.1 Å². The summed E-state index contributed by atoms with van der Waals surface area (Å²) >= 11 is 6.00. The summed E-state index contributed by atoms with van der Waals surface area (Å²) < 4.78 is 0. The lowest BCUT2D eigenvalue weighted by molar-refractivity contribution is 0.0929. The fourth-order valence-electron chi connectivity index (χ4n) is 1.48. The lowest BCUT2D eigenvalue weighted by atomic mass is 9.98. The van der Waals surface area contributed by atoms with Gasteiger partial charge in [0.25, 0.3) is 0 Å². The van der Waals surface area contributed by atoms with Gasteiger partial charge < -0.3 is 5.32 Å². The van der Waals surface area contributed by atoms with Gasteiger partial charge >= 0.3 is 0 Å². The Morgan fingerprint density at radius 1 is 1.50 bits per heavy atom. The molecule has 16 heavy (non-hydrogen) atoms. The van der Waals surface area contributed by atoms with Gasteiger partial charge in [-0.3, -0.25) is 4.79 Å². The highest BCUT2D eigenvalue weighted by molar-refractivity contribution is 6.31. The van der Waals surface area contributed by atoms with Crippen LogP contribution in [0.2, 0.25) is 5.02 Å². The fraction of sp³-hybridized carbons (Fsp3) is 0.462. The van der Waals surface area contributed by atoms with Crippen LogP contribution < -0.4 is 5.32 Å². The Hall–Kier alpha value is -0.860. The second-order valence-electron chi connectivity index (χ2n) is 4.04. The molecule has 1 aromatic carbocycles. The van der Waals surface area contributed by atoms with Crippen molar-refractivity contribution in [3.63, 3.8) is 0 Å². The van der Waals surface area contributed by atoms with Gasteiger partial charge in [0.15, 0.2) is 5.78 Å². The number of ketones is 1.